The molecule has 4 unspecified atom stereocenters. The minimum absolute atomic E-state index is 0.0155. The van der Waals surface area contributed by atoms with Gasteiger partial charge < -0.3 is 51.0 Å². The Bertz CT molecular complexity index is 1490. The van der Waals surface area contributed by atoms with Crippen LogP contribution < -0.4 is 5.73 Å². The molecule has 6 atom stereocenters. The monoisotopic (exact) mass is 543 g/mol. The van der Waals surface area contributed by atoms with Crippen LogP contribution in [0.4, 0.5) is 0 Å². The van der Waals surface area contributed by atoms with Gasteiger partial charge in [0.2, 0.25) is 0 Å². The van der Waals surface area contributed by atoms with Crippen LogP contribution in [0.25, 0.3) is 21.5 Å². The lowest BCUT2D eigenvalue weighted by Crippen LogP contribution is -2.52. The summed E-state index contributed by atoms with van der Waals surface area (Å²) >= 11 is 0. The summed E-state index contributed by atoms with van der Waals surface area (Å²) in [6.45, 7) is 0.561. The van der Waals surface area contributed by atoms with Crippen molar-refractivity contribution in [2.45, 2.75) is 62.4 Å². The van der Waals surface area contributed by atoms with Crippen LogP contribution in [0.3, 0.4) is 0 Å². The molecule has 1 aliphatic heterocycles. The number of benzene rings is 3. The average molecular weight is 544 g/mol. The number of hydrogen-bond acceptors (Lipinski definition) is 12. The van der Waals surface area contributed by atoms with Gasteiger partial charge in [-0.2, -0.15) is 0 Å². The van der Waals surface area contributed by atoms with Gasteiger partial charge in [0.05, 0.1) is 29.1 Å². The van der Waals surface area contributed by atoms with Crippen molar-refractivity contribution < 1.29 is 54.8 Å². The molecule has 0 bridgehead atoms. The third-order valence-corrected chi connectivity index (χ3v) is 7.82. The molecule has 0 saturated carbocycles. The Morgan fingerprint density at radius 1 is 1.13 bits per heavy atom. The van der Waals surface area contributed by atoms with Gasteiger partial charge >= 0.3 is 0 Å². The van der Waals surface area contributed by atoms with Crippen LogP contribution in [0, 0.1) is 0 Å². The molecule has 12 heteroatoms. The van der Waals surface area contributed by atoms with Crippen molar-refractivity contribution in [3.05, 3.63) is 34.9 Å². The van der Waals surface area contributed by atoms with Crippen LogP contribution in [-0.2, 0) is 20.7 Å². The maximum absolute atomic E-state index is 12.6. The fraction of sp³-hybridized carbons (Fsp3) is 0.407. The highest BCUT2D eigenvalue weighted by atomic mass is 16.7. The normalized spacial score (nSPS) is 28.9. The summed E-state index contributed by atoms with van der Waals surface area (Å²) in [6, 6.07) is 3.54. The van der Waals surface area contributed by atoms with Gasteiger partial charge in [0.25, 0.3) is 0 Å². The number of nitrogens with two attached hydrogens (primary N) is 1. The number of rotatable bonds is 5. The second kappa shape index (κ2) is 9.59. The molecule has 1 fully saturated rings. The fourth-order valence-corrected chi connectivity index (χ4v) is 5.77. The number of aromatic hydroxyl groups is 4. The first kappa shape index (κ1) is 27.1. The summed E-state index contributed by atoms with van der Waals surface area (Å²) < 4.78 is 11.7. The second-order valence-electron chi connectivity index (χ2n) is 10.2. The van der Waals surface area contributed by atoms with Gasteiger partial charge in [-0.05, 0) is 6.92 Å². The van der Waals surface area contributed by atoms with E-state index in [1.54, 1.807) is 6.92 Å². The third-order valence-electron chi connectivity index (χ3n) is 7.82. The summed E-state index contributed by atoms with van der Waals surface area (Å²) in [7, 11) is 0. The molecule has 0 amide bonds. The molecular formula is C27H29NO11. The minimum Gasteiger partial charge on any atom is -0.507 e. The predicted molar refractivity (Wildman–Crippen MR) is 136 cm³/mol. The molecule has 3 aromatic rings. The topological polar surface area (TPSA) is 220 Å². The molecule has 0 aromatic heterocycles. The molecule has 208 valence electrons. The minimum atomic E-state index is -2.23. The van der Waals surface area contributed by atoms with Gasteiger partial charge in [0, 0.05) is 52.8 Å². The van der Waals surface area contributed by atoms with Gasteiger partial charge in [0.15, 0.2) is 18.4 Å². The van der Waals surface area contributed by atoms with E-state index in [0.717, 1.165) is 0 Å². The molecule has 0 radical (unpaired) electrons. The van der Waals surface area contributed by atoms with E-state index in [1.807, 2.05) is 0 Å². The quantitative estimate of drug-likeness (QED) is 0.127. The lowest BCUT2D eigenvalue weighted by Gasteiger charge is -2.41. The maximum atomic E-state index is 12.6. The Morgan fingerprint density at radius 3 is 2.46 bits per heavy atom. The highest BCUT2D eigenvalue weighted by Crippen LogP contribution is 2.56. The number of aldehydes is 1. The number of Topliss-reactive ketones (excluding diaryl/α,β-unsaturated/α-hetero) is 1. The number of ether oxygens (including phenoxy) is 2. The first-order valence-corrected chi connectivity index (χ1v) is 12.4. The third kappa shape index (κ3) is 4.07. The van der Waals surface area contributed by atoms with E-state index < -0.39 is 84.5 Å². The number of fused-ring (bicyclic) bond motifs is 3. The van der Waals surface area contributed by atoms with Crippen LogP contribution in [0.2, 0.25) is 0 Å². The smallest absolute Gasteiger partial charge is 0.190 e. The average Bonchev–Trinajstić information content (AvgIpc) is 2.90. The zero-order chi connectivity index (χ0) is 28.4. The number of hydrogen-bond donors (Lipinski definition) is 8. The van der Waals surface area contributed by atoms with Crippen LogP contribution in [0.15, 0.2) is 18.2 Å². The fourth-order valence-electron chi connectivity index (χ4n) is 5.77. The summed E-state index contributed by atoms with van der Waals surface area (Å²) in [6.07, 6.45) is -4.63. The van der Waals surface area contributed by atoms with Crippen molar-refractivity contribution in [3.8, 4) is 23.0 Å². The lowest BCUT2D eigenvalue weighted by atomic mass is 9.74. The summed E-state index contributed by atoms with van der Waals surface area (Å²) in [5.74, 6) is -3.38. The number of ketones is 1. The van der Waals surface area contributed by atoms with Gasteiger partial charge in [0.1, 0.15) is 35.2 Å². The van der Waals surface area contributed by atoms with E-state index in [1.165, 1.54) is 18.2 Å². The van der Waals surface area contributed by atoms with E-state index in [9.17, 15) is 45.3 Å². The first-order chi connectivity index (χ1) is 18.4. The summed E-state index contributed by atoms with van der Waals surface area (Å²) in [5.41, 5.74) is 3.54. The van der Waals surface area contributed by atoms with Crippen molar-refractivity contribution in [2.24, 2.45) is 5.73 Å². The summed E-state index contributed by atoms with van der Waals surface area (Å²) in [5, 5.41) is 75.3. The molecule has 0 spiro atoms. The van der Waals surface area contributed by atoms with E-state index in [4.69, 9.17) is 15.2 Å². The Balaban J connectivity index is 1.77. The van der Waals surface area contributed by atoms with Crippen LogP contribution in [0.5, 0.6) is 23.0 Å². The van der Waals surface area contributed by atoms with Gasteiger partial charge in [-0.25, -0.2) is 0 Å². The van der Waals surface area contributed by atoms with Crippen LogP contribution in [-0.4, -0.2) is 84.6 Å². The lowest BCUT2D eigenvalue weighted by molar-refractivity contribution is -0.247. The Morgan fingerprint density at radius 2 is 1.82 bits per heavy atom. The van der Waals surface area contributed by atoms with E-state index >= 15 is 0 Å². The molecule has 1 heterocycles. The molecule has 1 saturated heterocycles. The SMILES string of the molecule is CC1OC(O[C@H]2C[C@](O)(C(=O)CO)Cc3c2c(O)c2c(O)c4c(C=O)cccc4c(O)c2c3O)CC(N)C1O. The van der Waals surface area contributed by atoms with Crippen molar-refractivity contribution >= 4 is 33.6 Å². The molecular weight excluding hydrogens is 514 g/mol. The molecule has 39 heavy (non-hydrogen) atoms. The molecule has 9 N–H and O–H groups in total. The van der Waals surface area contributed by atoms with Crippen molar-refractivity contribution in [2.75, 3.05) is 6.61 Å². The maximum Gasteiger partial charge on any atom is 0.190 e. The molecule has 5 rings (SSSR count). The number of aliphatic hydroxyl groups is 3. The summed E-state index contributed by atoms with van der Waals surface area (Å²) in [4.78, 5) is 24.3. The highest BCUT2D eigenvalue weighted by molar-refractivity contribution is 6.18. The number of carbonyl (C=O) groups excluding carboxylic acids is 2. The standard InChI is InChI=1S/C27H29NO11/c1-10-22(32)14(28)5-17(38-10)39-15-7-27(37,16(31)9-30)6-13-19(15)26(36)21-20(24(13)34)23(33)12-4-2-3-11(8-29)18(12)25(21)35/h2-4,8,10,14-15,17,22,30,32-37H,5-7,9,28H2,1H3/t10?,14?,15-,17?,22?,27-/m0/s1. The number of phenols is 4. The first-order valence-electron chi connectivity index (χ1n) is 12.4. The molecule has 12 nitrogen and oxygen atoms in total. The molecule has 3 aromatic carbocycles. The van der Waals surface area contributed by atoms with Crippen LogP contribution >= 0.6 is 0 Å². The Hall–Kier alpha value is -3.52. The Labute approximate surface area is 221 Å². The van der Waals surface area contributed by atoms with Gasteiger partial charge in [-0.3, -0.25) is 9.59 Å². The predicted octanol–water partition coefficient (Wildman–Crippen LogP) is 0.747. The highest BCUT2D eigenvalue weighted by Gasteiger charge is 2.48. The second-order valence-corrected chi connectivity index (χ2v) is 10.2. The van der Waals surface area contributed by atoms with Crippen molar-refractivity contribution in [1.29, 1.82) is 0 Å². The van der Waals surface area contributed by atoms with Gasteiger partial charge in [-0.1, -0.05) is 18.2 Å². The number of aliphatic hydroxyl groups excluding tert-OH is 2. The van der Waals surface area contributed by atoms with Crippen molar-refractivity contribution in [3.63, 3.8) is 0 Å². The molecule has 1 aliphatic carbocycles. The van der Waals surface area contributed by atoms with Crippen molar-refractivity contribution in [1.82, 2.24) is 0 Å². The zero-order valence-corrected chi connectivity index (χ0v) is 20.9. The van der Waals surface area contributed by atoms with Crippen LogP contribution in [0.1, 0.15) is 47.4 Å². The number of carbonyl (C=O) groups is 2. The Kier molecular flexibility index (Phi) is 6.66. The zero-order valence-electron chi connectivity index (χ0n) is 20.9. The number of phenolic OH excluding ortho intramolecular Hbond substituents is 4. The van der Waals surface area contributed by atoms with Gasteiger partial charge in [-0.15, -0.1) is 0 Å². The van der Waals surface area contributed by atoms with E-state index in [-0.39, 0.29) is 44.7 Å². The largest absolute Gasteiger partial charge is 0.507 e. The van der Waals surface area contributed by atoms with E-state index in [2.05, 4.69) is 0 Å². The van der Waals surface area contributed by atoms with E-state index in [0.29, 0.717) is 6.29 Å². The molecule has 2 aliphatic rings.